The van der Waals surface area contributed by atoms with Gasteiger partial charge in [0.15, 0.2) is 6.61 Å². The maximum Gasteiger partial charge on any atom is 0.319 e. The number of rotatable bonds is 5. The molecule has 1 aliphatic carbocycles. The van der Waals surface area contributed by atoms with Gasteiger partial charge < -0.3 is 20.3 Å². The Morgan fingerprint density at radius 2 is 2.00 bits per heavy atom. The molecule has 0 aromatic heterocycles. The summed E-state index contributed by atoms with van der Waals surface area (Å²) in [6.45, 7) is 2.16. The van der Waals surface area contributed by atoms with Crippen molar-refractivity contribution in [2.45, 2.75) is 38.6 Å². The van der Waals surface area contributed by atoms with E-state index in [0.29, 0.717) is 17.4 Å². The molecule has 1 aliphatic rings. The molecule has 2 rings (SSSR count). The summed E-state index contributed by atoms with van der Waals surface area (Å²) >= 11 is 0. The monoisotopic (exact) mass is 333 g/mol. The average molecular weight is 333 g/mol. The maximum atomic E-state index is 12.2. The first kappa shape index (κ1) is 18.1. The van der Waals surface area contributed by atoms with E-state index in [9.17, 15) is 9.59 Å². The molecule has 0 aliphatic heterocycles. The summed E-state index contributed by atoms with van der Waals surface area (Å²) in [5, 5.41) is 5.89. The number of nitrogens with zero attached hydrogens (tertiary/aromatic N) is 1. The van der Waals surface area contributed by atoms with Gasteiger partial charge in [-0.05, 0) is 30.9 Å². The quantitative estimate of drug-likeness (QED) is 0.870. The highest BCUT2D eigenvalue weighted by molar-refractivity contribution is 5.89. The molecule has 6 nitrogen and oxygen atoms in total. The number of ether oxygens (including phenoxy) is 1. The van der Waals surface area contributed by atoms with Gasteiger partial charge >= 0.3 is 6.03 Å². The van der Waals surface area contributed by atoms with Crippen molar-refractivity contribution in [3.63, 3.8) is 0 Å². The average Bonchev–Trinajstić information content (AvgIpc) is 2.55. The normalized spacial score (nSPS) is 20.1. The Morgan fingerprint density at radius 3 is 2.71 bits per heavy atom. The number of anilines is 1. The zero-order chi connectivity index (χ0) is 17.5. The van der Waals surface area contributed by atoms with Crippen LogP contribution in [0, 0.1) is 5.92 Å². The van der Waals surface area contributed by atoms with Crippen LogP contribution in [0.15, 0.2) is 24.3 Å². The van der Waals surface area contributed by atoms with Crippen LogP contribution in [0.5, 0.6) is 5.75 Å². The van der Waals surface area contributed by atoms with Crippen molar-refractivity contribution < 1.29 is 14.3 Å². The fourth-order valence-corrected chi connectivity index (χ4v) is 2.80. The molecule has 0 heterocycles. The summed E-state index contributed by atoms with van der Waals surface area (Å²) in [6, 6.07) is 7.09. The lowest BCUT2D eigenvalue weighted by atomic mass is 9.86. The molecule has 1 saturated carbocycles. The number of benzene rings is 1. The molecule has 3 amide bonds. The summed E-state index contributed by atoms with van der Waals surface area (Å²) in [6.07, 6.45) is 4.60. The number of carbonyl (C=O) groups excluding carboxylic acids is 2. The van der Waals surface area contributed by atoms with Crippen molar-refractivity contribution in [2.24, 2.45) is 5.92 Å². The minimum Gasteiger partial charge on any atom is -0.484 e. The van der Waals surface area contributed by atoms with Crippen LogP contribution in [0.25, 0.3) is 0 Å². The molecule has 1 aromatic rings. The number of nitrogens with one attached hydrogen (secondary N) is 2. The van der Waals surface area contributed by atoms with Gasteiger partial charge in [-0.3, -0.25) is 4.79 Å². The predicted molar refractivity (Wildman–Crippen MR) is 94.2 cm³/mol. The fourth-order valence-electron chi connectivity index (χ4n) is 2.80. The molecule has 2 N–H and O–H groups in total. The van der Waals surface area contributed by atoms with Gasteiger partial charge in [-0.25, -0.2) is 4.79 Å². The Labute approximate surface area is 143 Å². The van der Waals surface area contributed by atoms with Crippen LogP contribution in [0.4, 0.5) is 10.5 Å². The molecule has 24 heavy (non-hydrogen) atoms. The summed E-state index contributed by atoms with van der Waals surface area (Å²) < 4.78 is 5.46. The largest absolute Gasteiger partial charge is 0.484 e. The van der Waals surface area contributed by atoms with Gasteiger partial charge in [-0.1, -0.05) is 25.8 Å². The predicted octanol–water partition coefficient (Wildman–Crippen LogP) is 2.85. The summed E-state index contributed by atoms with van der Waals surface area (Å²) in [5.74, 6) is 0.947. The Morgan fingerprint density at radius 1 is 1.25 bits per heavy atom. The minimum absolute atomic E-state index is 0.0256. The summed E-state index contributed by atoms with van der Waals surface area (Å²) in [5.41, 5.74) is 0.644. The SMILES string of the molecule is CC1CCCCC1NC(=O)Nc1cccc(OCC(=O)N(C)C)c1. The van der Waals surface area contributed by atoms with E-state index in [1.54, 1.807) is 38.4 Å². The Hall–Kier alpha value is -2.24. The van der Waals surface area contributed by atoms with Crippen LogP contribution in [0.3, 0.4) is 0 Å². The molecule has 0 saturated heterocycles. The third-order valence-electron chi connectivity index (χ3n) is 4.38. The zero-order valence-corrected chi connectivity index (χ0v) is 14.7. The third-order valence-corrected chi connectivity index (χ3v) is 4.38. The van der Waals surface area contributed by atoms with E-state index in [1.165, 1.54) is 17.7 Å². The number of amides is 3. The fraction of sp³-hybridized carbons (Fsp3) is 0.556. The second-order valence-electron chi connectivity index (χ2n) is 6.57. The number of carbonyl (C=O) groups is 2. The lowest BCUT2D eigenvalue weighted by Gasteiger charge is -2.29. The Kier molecular flexibility index (Phi) is 6.46. The van der Waals surface area contributed by atoms with Crippen LogP contribution >= 0.6 is 0 Å². The lowest BCUT2D eigenvalue weighted by molar-refractivity contribution is -0.130. The van der Waals surface area contributed by atoms with Gasteiger partial charge in [0.2, 0.25) is 0 Å². The first-order chi connectivity index (χ1) is 11.5. The molecule has 2 unspecified atom stereocenters. The molecule has 0 radical (unpaired) electrons. The number of urea groups is 1. The van der Waals surface area contributed by atoms with Gasteiger partial charge in [0.25, 0.3) is 5.91 Å². The van der Waals surface area contributed by atoms with E-state index in [2.05, 4.69) is 17.6 Å². The number of hydrogen-bond donors (Lipinski definition) is 2. The van der Waals surface area contributed by atoms with Gasteiger partial charge in [0.1, 0.15) is 5.75 Å². The van der Waals surface area contributed by atoms with E-state index < -0.39 is 0 Å². The molecule has 1 aromatic carbocycles. The first-order valence-corrected chi connectivity index (χ1v) is 8.46. The number of likely N-dealkylation sites (N-methyl/N-ethyl adjacent to an activating group) is 1. The van der Waals surface area contributed by atoms with Crippen molar-refractivity contribution >= 4 is 17.6 Å². The molecule has 0 spiro atoms. The highest BCUT2D eigenvalue weighted by Crippen LogP contribution is 2.24. The zero-order valence-electron chi connectivity index (χ0n) is 14.7. The second-order valence-corrected chi connectivity index (χ2v) is 6.57. The number of hydrogen-bond acceptors (Lipinski definition) is 3. The molecule has 0 bridgehead atoms. The van der Waals surface area contributed by atoms with Crippen molar-refractivity contribution in [1.29, 1.82) is 0 Å². The Balaban J connectivity index is 1.86. The third kappa shape index (κ3) is 5.44. The molecular formula is C18H27N3O3. The highest BCUT2D eigenvalue weighted by Gasteiger charge is 2.22. The van der Waals surface area contributed by atoms with E-state index in [1.807, 2.05) is 0 Å². The van der Waals surface area contributed by atoms with E-state index >= 15 is 0 Å². The minimum atomic E-state index is -0.199. The molecule has 2 atom stereocenters. The Bertz CT molecular complexity index is 574. The summed E-state index contributed by atoms with van der Waals surface area (Å²) in [7, 11) is 3.36. The lowest BCUT2D eigenvalue weighted by Crippen LogP contribution is -2.43. The molecule has 1 fully saturated rings. The van der Waals surface area contributed by atoms with Crippen LogP contribution in [0.1, 0.15) is 32.6 Å². The summed E-state index contributed by atoms with van der Waals surface area (Å²) in [4.78, 5) is 25.2. The van der Waals surface area contributed by atoms with Crippen LogP contribution in [-0.2, 0) is 4.79 Å². The van der Waals surface area contributed by atoms with Gasteiger partial charge in [-0.2, -0.15) is 0 Å². The van der Waals surface area contributed by atoms with Gasteiger partial charge in [0, 0.05) is 31.9 Å². The second kappa shape index (κ2) is 8.57. The molecular weight excluding hydrogens is 306 g/mol. The van der Waals surface area contributed by atoms with E-state index in [0.717, 1.165) is 12.8 Å². The van der Waals surface area contributed by atoms with Crippen LogP contribution < -0.4 is 15.4 Å². The smallest absolute Gasteiger partial charge is 0.319 e. The maximum absolute atomic E-state index is 12.2. The first-order valence-electron chi connectivity index (χ1n) is 8.46. The highest BCUT2D eigenvalue weighted by atomic mass is 16.5. The van der Waals surface area contributed by atoms with Crippen LogP contribution in [-0.4, -0.2) is 43.6 Å². The van der Waals surface area contributed by atoms with Crippen molar-refractivity contribution in [3.8, 4) is 5.75 Å². The van der Waals surface area contributed by atoms with Crippen molar-refractivity contribution in [1.82, 2.24) is 10.2 Å². The molecule has 132 valence electrons. The van der Waals surface area contributed by atoms with Crippen LogP contribution in [0.2, 0.25) is 0 Å². The standard InChI is InChI=1S/C18H27N3O3/c1-13-7-4-5-10-16(13)20-18(23)19-14-8-6-9-15(11-14)24-12-17(22)21(2)3/h6,8-9,11,13,16H,4-5,7,10,12H2,1-3H3,(H2,19,20,23). The van der Waals surface area contributed by atoms with E-state index in [-0.39, 0.29) is 24.6 Å². The van der Waals surface area contributed by atoms with Gasteiger partial charge in [-0.15, -0.1) is 0 Å². The van der Waals surface area contributed by atoms with E-state index in [4.69, 9.17) is 4.74 Å². The topological polar surface area (TPSA) is 70.7 Å². The molecule has 6 heteroatoms. The van der Waals surface area contributed by atoms with Gasteiger partial charge in [0.05, 0.1) is 0 Å². The van der Waals surface area contributed by atoms with Crippen molar-refractivity contribution in [2.75, 3.05) is 26.0 Å². The van der Waals surface area contributed by atoms with Crippen molar-refractivity contribution in [3.05, 3.63) is 24.3 Å².